The Bertz CT molecular complexity index is 600. The second kappa shape index (κ2) is 8.29. The highest BCUT2D eigenvalue weighted by Crippen LogP contribution is 2.15. The molecular formula is C18H24FN3O3. The van der Waals surface area contributed by atoms with Gasteiger partial charge in [-0.15, -0.1) is 0 Å². The van der Waals surface area contributed by atoms with E-state index in [1.165, 1.54) is 12.1 Å². The van der Waals surface area contributed by atoms with Crippen molar-refractivity contribution in [3.8, 4) is 5.75 Å². The minimum atomic E-state index is -0.266. The summed E-state index contributed by atoms with van der Waals surface area (Å²) in [4.78, 5) is 27.8. The summed E-state index contributed by atoms with van der Waals surface area (Å²) in [6.45, 7) is 5.07. The summed E-state index contributed by atoms with van der Waals surface area (Å²) in [6, 6.07) is 6.03. The van der Waals surface area contributed by atoms with Crippen LogP contribution < -0.4 is 10.1 Å². The van der Waals surface area contributed by atoms with Crippen molar-refractivity contribution < 1.29 is 18.7 Å². The summed E-state index contributed by atoms with van der Waals surface area (Å²) in [5.74, 6) is 0.285. The lowest BCUT2D eigenvalue weighted by molar-refractivity contribution is -0.137. The summed E-state index contributed by atoms with van der Waals surface area (Å²) in [5.41, 5.74) is 0. The number of ether oxygens (including phenoxy) is 1. The molecule has 6 nitrogen and oxygen atoms in total. The maximum atomic E-state index is 12.8. The molecule has 2 aliphatic heterocycles. The molecule has 0 aliphatic carbocycles. The zero-order valence-electron chi connectivity index (χ0n) is 14.2. The molecule has 2 fully saturated rings. The van der Waals surface area contributed by atoms with E-state index in [-0.39, 0.29) is 23.5 Å². The smallest absolute Gasteiger partial charge is 0.228 e. The van der Waals surface area contributed by atoms with Crippen molar-refractivity contribution in [2.45, 2.75) is 12.8 Å². The topological polar surface area (TPSA) is 61.9 Å². The molecule has 1 atom stereocenters. The second-order valence-corrected chi connectivity index (χ2v) is 6.53. The third-order valence-electron chi connectivity index (χ3n) is 4.71. The number of halogens is 1. The van der Waals surface area contributed by atoms with Gasteiger partial charge in [-0.1, -0.05) is 0 Å². The predicted octanol–water partition coefficient (Wildman–Crippen LogP) is 0.875. The summed E-state index contributed by atoms with van der Waals surface area (Å²) >= 11 is 0. The SMILES string of the molecule is O=C1CC(C(=O)N2CCN(CCCOc3ccc(F)cc3)CC2)CN1. The van der Waals surface area contributed by atoms with Gasteiger partial charge < -0.3 is 15.0 Å². The number of carbonyl (C=O) groups excluding carboxylic acids is 2. The molecule has 2 heterocycles. The van der Waals surface area contributed by atoms with Crippen molar-refractivity contribution in [3.63, 3.8) is 0 Å². The fraction of sp³-hybridized carbons (Fsp3) is 0.556. The molecule has 136 valence electrons. The minimum Gasteiger partial charge on any atom is -0.494 e. The molecule has 0 bridgehead atoms. The van der Waals surface area contributed by atoms with E-state index < -0.39 is 0 Å². The normalized spacial score (nSPS) is 21.2. The van der Waals surface area contributed by atoms with Gasteiger partial charge in [0.05, 0.1) is 12.5 Å². The summed E-state index contributed by atoms with van der Waals surface area (Å²) in [6.07, 6.45) is 1.20. The monoisotopic (exact) mass is 349 g/mol. The highest BCUT2D eigenvalue weighted by molar-refractivity contribution is 5.89. The number of nitrogens with one attached hydrogen (secondary N) is 1. The van der Waals surface area contributed by atoms with Crippen LogP contribution in [-0.4, -0.2) is 67.5 Å². The zero-order valence-corrected chi connectivity index (χ0v) is 14.2. The number of benzene rings is 1. The fourth-order valence-corrected chi connectivity index (χ4v) is 3.24. The van der Waals surface area contributed by atoms with Crippen molar-refractivity contribution in [1.29, 1.82) is 0 Å². The van der Waals surface area contributed by atoms with Gasteiger partial charge in [-0.05, 0) is 30.7 Å². The zero-order chi connectivity index (χ0) is 17.6. The molecule has 0 saturated carbocycles. The Morgan fingerprint density at radius 1 is 1.20 bits per heavy atom. The Kier molecular flexibility index (Phi) is 5.86. The first-order chi connectivity index (χ1) is 12.1. The van der Waals surface area contributed by atoms with Gasteiger partial charge in [0.1, 0.15) is 11.6 Å². The van der Waals surface area contributed by atoms with Crippen LogP contribution in [0.1, 0.15) is 12.8 Å². The number of amides is 2. The molecule has 25 heavy (non-hydrogen) atoms. The quantitative estimate of drug-likeness (QED) is 0.775. The largest absolute Gasteiger partial charge is 0.494 e. The molecule has 1 unspecified atom stereocenters. The van der Waals surface area contributed by atoms with Crippen LogP contribution in [0.25, 0.3) is 0 Å². The second-order valence-electron chi connectivity index (χ2n) is 6.53. The van der Waals surface area contributed by atoms with Crippen LogP contribution in [0.15, 0.2) is 24.3 Å². The molecule has 1 aromatic rings. The van der Waals surface area contributed by atoms with Crippen LogP contribution in [0.2, 0.25) is 0 Å². The van der Waals surface area contributed by atoms with Gasteiger partial charge in [-0.3, -0.25) is 14.5 Å². The molecule has 1 aromatic carbocycles. The van der Waals surface area contributed by atoms with Gasteiger partial charge in [0.15, 0.2) is 0 Å². The third kappa shape index (κ3) is 4.92. The first-order valence-corrected chi connectivity index (χ1v) is 8.78. The van der Waals surface area contributed by atoms with Crippen LogP contribution in [0.3, 0.4) is 0 Å². The molecule has 3 rings (SSSR count). The van der Waals surface area contributed by atoms with Gasteiger partial charge in [-0.25, -0.2) is 4.39 Å². The Labute approximate surface area is 146 Å². The number of hydrogen-bond donors (Lipinski definition) is 1. The van der Waals surface area contributed by atoms with Crippen LogP contribution in [0, 0.1) is 11.7 Å². The van der Waals surface area contributed by atoms with Crippen LogP contribution in [0.5, 0.6) is 5.75 Å². The van der Waals surface area contributed by atoms with E-state index in [2.05, 4.69) is 10.2 Å². The first kappa shape index (κ1) is 17.7. The molecule has 7 heteroatoms. The standard InChI is InChI=1S/C18H24FN3O3/c19-15-2-4-16(5-3-15)25-11-1-6-21-7-9-22(10-8-21)18(24)14-12-17(23)20-13-14/h2-5,14H,1,6-13H2,(H,20,23). The summed E-state index contributed by atoms with van der Waals surface area (Å²) < 4.78 is 18.4. The van der Waals surface area contributed by atoms with E-state index in [1.54, 1.807) is 12.1 Å². The van der Waals surface area contributed by atoms with E-state index >= 15 is 0 Å². The fourth-order valence-electron chi connectivity index (χ4n) is 3.24. The molecular weight excluding hydrogens is 325 g/mol. The van der Waals surface area contributed by atoms with Gasteiger partial charge >= 0.3 is 0 Å². The summed E-state index contributed by atoms with van der Waals surface area (Å²) in [7, 11) is 0. The third-order valence-corrected chi connectivity index (χ3v) is 4.71. The minimum absolute atomic E-state index is 0.0295. The Balaban J connectivity index is 1.32. The molecule has 0 spiro atoms. The lowest BCUT2D eigenvalue weighted by Gasteiger charge is -2.35. The maximum Gasteiger partial charge on any atom is 0.228 e. The maximum absolute atomic E-state index is 12.8. The molecule has 0 aromatic heterocycles. The van der Waals surface area contributed by atoms with E-state index in [0.717, 1.165) is 26.1 Å². The first-order valence-electron chi connectivity index (χ1n) is 8.78. The number of piperazine rings is 1. The van der Waals surface area contributed by atoms with E-state index in [9.17, 15) is 14.0 Å². The lowest BCUT2D eigenvalue weighted by Crippen LogP contribution is -2.50. The van der Waals surface area contributed by atoms with E-state index in [0.29, 0.717) is 38.4 Å². The van der Waals surface area contributed by atoms with Crippen LogP contribution >= 0.6 is 0 Å². The van der Waals surface area contributed by atoms with Crippen molar-refractivity contribution in [1.82, 2.24) is 15.1 Å². The molecule has 0 radical (unpaired) electrons. The lowest BCUT2D eigenvalue weighted by atomic mass is 10.1. The van der Waals surface area contributed by atoms with Gasteiger partial charge in [-0.2, -0.15) is 0 Å². The van der Waals surface area contributed by atoms with Crippen LogP contribution in [0.4, 0.5) is 4.39 Å². The Hall–Kier alpha value is -2.15. The van der Waals surface area contributed by atoms with E-state index in [1.807, 2.05) is 4.90 Å². The average molecular weight is 349 g/mol. The Morgan fingerprint density at radius 2 is 1.92 bits per heavy atom. The number of rotatable bonds is 6. The average Bonchev–Trinajstić information content (AvgIpc) is 3.06. The number of carbonyl (C=O) groups is 2. The van der Waals surface area contributed by atoms with E-state index in [4.69, 9.17) is 4.74 Å². The van der Waals surface area contributed by atoms with Gasteiger partial charge in [0.25, 0.3) is 0 Å². The summed E-state index contributed by atoms with van der Waals surface area (Å²) in [5, 5.41) is 2.72. The highest BCUT2D eigenvalue weighted by Gasteiger charge is 2.32. The number of hydrogen-bond acceptors (Lipinski definition) is 4. The number of nitrogens with zero attached hydrogens (tertiary/aromatic N) is 2. The van der Waals surface area contributed by atoms with Crippen molar-refractivity contribution in [2.75, 3.05) is 45.9 Å². The highest BCUT2D eigenvalue weighted by atomic mass is 19.1. The molecule has 2 aliphatic rings. The van der Waals surface area contributed by atoms with Crippen LogP contribution in [-0.2, 0) is 9.59 Å². The van der Waals surface area contributed by atoms with Crippen molar-refractivity contribution in [3.05, 3.63) is 30.1 Å². The van der Waals surface area contributed by atoms with Crippen molar-refractivity contribution in [2.24, 2.45) is 5.92 Å². The molecule has 1 N–H and O–H groups in total. The molecule has 2 saturated heterocycles. The Morgan fingerprint density at radius 3 is 2.56 bits per heavy atom. The predicted molar refractivity (Wildman–Crippen MR) is 90.6 cm³/mol. The van der Waals surface area contributed by atoms with Crippen molar-refractivity contribution >= 4 is 11.8 Å². The van der Waals surface area contributed by atoms with Gasteiger partial charge in [0, 0.05) is 45.7 Å². The van der Waals surface area contributed by atoms with Gasteiger partial charge in [0.2, 0.25) is 11.8 Å². The molecule has 2 amide bonds.